The molecule has 2 fully saturated rings. The van der Waals surface area contributed by atoms with E-state index in [1.165, 1.54) is 30.4 Å². The summed E-state index contributed by atoms with van der Waals surface area (Å²) in [5, 5.41) is 7.46. The van der Waals surface area contributed by atoms with E-state index in [1.807, 2.05) is 17.0 Å². The van der Waals surface area contributed by atoms with Gasteiger partial charge < -0.3 is 20.4 Å². The Bertz CT molecular complexity index is 1290. The number of piperidine rings is 1. The predicted molar refractivity (Wildman–Crippen MR) is 175 cm³/mol. The van der Waals surface area contributed by atoms with E-state index in [0.717, 1.165) is 38.9 Å². The highest BCUT2D eigenvalue weighted by atomic mass is 35.5. The van der Waals surface area contributed by atoms with Gasteiger partial charge in [0.05, 0.1) is 16.1 Å². The molecule has 2 atom stereocenters. The highest BCUT2D eigenvalue weighted by Gasteiger charge is 2.32. The topological polar surface area (TPSA) is 64.7 Å². The van der Waals surface area contributed by atoms with Crippen LogP contribution < -0.4 is 10.6 Å². The van der Waals surface area contributed by atoms with E-state index >= 15 is 0 Å². The van der Waals surface area contributed by atoms with Crippen molar-refractivity contribution in [3.8, 4) is 0 Å². The van der Waals surface area contributed by atoms with Crippen LogP contribution in [0.15, 0.2) is 78.9 Å². The first-order chi connectivity index (χ1) is 21.0. The normalized spacial score (nSPS) is 19.8. The Morgan fingerprint density at radius 3 is 2.21 bits per heavy atom. The number of nitrogens with one attached hydrogen (secondary N) is 2. The van der Waals surface area contributed by atoms with Gasteiger partial charge in [-0.2, -0.15) is 0 Å². The largest absolute Gasteiger partial charge is 0.350 e. The van der Waals surface area contributed by atoms with Crippen LogP contribution in [-0.4, -0.2) is 73.0 Å². The molecule has 3 aromatic rings. The molecule has 6 nitrogen and oxygen atoms in total. The average molecular weight is 622 g/mol. The summed E-state index contributed by atoms with van der Waals surface area (Å²) in [5.41, 5.74) is 2.86. The predicted octanol–water partition coefficient (Wildman–Crippen LogP) is 6.38. The van der Waals surface area contributed by atoms with Gasteiger partial charge in [-0.05, 0) is 81.1 Å². The minimum atomic E-state index is -0.300. The molecule has 5 rings (SSSR count). The van der Waals surface area contributed by atoms with Gasteiger partial charge in [-0.25, -0.2) is 0 Å². The number of benzene rings is 3. The molecule has 2 amide bonds. The van der Waals surface area contributed by atoms with Gasteiger partial charge in [-0.1, -0.05) is 90.3 Å². The minimum absolute atomic E-state index is 0.0347. The lowest BCUT2D eigenvalue weighted by molar-refractivity contribution is -0.133. The van der Waals surface area contributed by atoms with Gasteiger partial charge in [-0.15, -0.1) is 0 Å². The molecule has 8 heteroatoms. The van der Waals surface area contributed by atoms with Crippen molar-refractivity contribution < 1.29 is 9.59 Å². The molecular formula is C35H42Cl2N4O2. The first kappa shape index (κ1) is 31.5. The molecule has 0 aromatic heterocycles. The zero-order valence-electron chi connectivity index (χ0n) is 24.7. The average Bonchev–Trinajstić information content (AvgIpc) is 3.19. The first-order valence-electron chi connectivity index (χ1n) is 15.6. The Labute approximate surface area is 265 Å². The summed E-state index contributed by atoms with van der Waals surface area (Å²) < 4.78 is 0. The number of likely N-dealkylation sites (tertiary alicyclic amines) is 1. The Morgan fingerprint density at radius 2 is 1.56 bits per heavy atom. The van der Waals surface area contributed by atoms with Crippen molar-refractivity contribution in [3.05, 3.63) is 106 Å². The van der Waals surface area contributed by atoms with Crippen LogP contribution in [0.2, 0.25) is 10.0 Å². The van der Waals surface area contributed by atoms with E-state index in [9.17, 15) is 9.59 Å². The summed E-state index contributed by atoms with van der Waals surface area (Å²) in [6.45, 7) is 4.97. The van der Waals surface area contributed by atoms with Crippen molar-refractivity contribution in [2.75, 3.05) is 39.3 Å². The quantitative estimate of drug-likeness (QED) is 0.261. The fraction of sp³-hybridized carbons (Fsp3) is 0.429. The molecule has 0 radical (unpaired) electrons. The van der Waals surface area contributed by atoms with Crippen LogP contribution in [0, 0.1) is 0 Å². The maximum absolute atomic E-state index is 14.1. The number of carbonyl (C=O) groups is 2. The fourth-order valence-electron chi connectivity index (χ4n) is 6.28. The number of hydrogen-bond acceptors (Lipinski definition) is 4. The van der Waals surface area contributed by atoms with E-state index in [1.54, 1.807) is 18.2 Å². The number of nitrogens with zero attached hydrogens (tertiary/aromatic N) is 2. The third kappa shape index (κ3) is 8.82. The Hall–Kier alpha value is -2.90. The molecule has 0 saturated carbocycles. The lowest BCUT2D eigenvalue weighted by Crippen LogP contribution is -2.49. The molecule has 0 aliphatic carbocycles. The van der Waals surface area contributed by atoms with Gasteiger partial charge in [0.1, 0.15) is 0 Å². The monoisotopic (exact) mass is 620 g/mol. The second-order valence-electron chi connectivity index (χ2n) is 11.7. The summed E-state index contributed by atoms with van der Waals surface area (Å²) in [5.74, 6) is 0.0164. The van der Waals surface area contributed by atoms with Gasteiger partial charge in [-0.3, -0.25) is 9.59 Å². The standard InChI is InChI=1S/C35H42Cl2N4O2/c36-31-17-16-28(23-32(31)37)34(42)38-24-29-18-22-41(35(43)33(39-29)15-10-21-40-19-8-3-9-20-40)25-30(26-11-4-1-5-12-26)27-13-6-2-7-14-27/h1-2,4-7,11-14,16-17,23,29-30,33,39H,3,8-10,15,18-22,24-25H2,(H,38,42). The van der Waals surface area contributed by atoms with Gasteiger partial charge in [0.15, 0.2) is 0 Å². The van der Waals surface area contributed by atoms with Gasteiger partial charge in [0, 0.05) is 37.2 Å². The van der Waals surface area contributed by atoms with Gasteiger partial charge in [0.2, 0.25) is 5.91 Å². The van der Waals surface area contributed by atoms with E-state index < -0.39 is 0 Å². The lowest BCUT2D eigenvalue weighted by Gasteiger charge is -2.30. The molecule has 0 bridgehead atoms. The van der Waals surface area contributed by atoms with Crippen LogP contribution in [0.5, 0.6) is 0 Å². The molecule has 2 aliphatic heterocycles. The number of carbonyl (C=O) groups excluding carboxylic acids is 2. The molecule has 0 spiro atoms. The van der Waals surface area contributed by atoms with Crippen LogP contribution >= 0.6 is 23.2 Å². The van der Waals surface area contributed by atoms with Gasteiger partial charge >= 0.3 is 0 Å². The first-order valence-corrected chi connectivity index (χ1v) is 16.3. The van der Waals surface area contributed by atoms with Crippen molar-refractivity contribution in [3.63, 3.8) is 0 Å². The summed E-state index contributed by atoms with van der Waals surface area (Å²) in [6, 6.07) is 25.5. The SMILES string of the molecule is O=C(NCC1CCN(CC(c2ccccc2)c2ccccc2)C(=O)C(CCCN2CCCCC2)N1)c1ccc(Cl)c(Cl)c1. The van der Waals surface area contributed by atoms with Crippen molar-refractivity contribution in [2.45, 2.75) is 56.5 Å². The Morgan fingerprint density at radius 1 is 0.884 bits per heavy atom. The van der Waals surface area contributed by atoms with Crippen molar-refractivity contribution >= 4 is 35.0 Å². The second kappa shape index (κ2) is 15.7. The number of halogens is 2. The third-order valence-corrected chi connectivity index (χ3v) is 9.45. The van der Waals surface area contributed by atoms with E-state index in [2.05, 4.69) is 64.1 Å². The molecule has 2 unspecified atom stereocenters. The minimum Gasteiger partial charge on any atom is -0.350 e. The maximum Gasteiger partial charge on any atom is 0.251 e. The Kier molecular flexibility index (Phi) is 11.5. The molecule has 2 N–H and O–H groups in total. The van der Waals surface area contributed by atoms with Crippen molar-refractivity contribution in [1.82, 2.24) is 20.4 Å². The summed E-state index contributed by atoms with van der Waals surface area (Å²) in [6.07, 6.45) is 6.30. The summed E-state index contributed by atoms with van der Waals surface area (Å²) in [4.78, 5) is 31.6. The molecule has 43 heavy (non-hydrogen) atoms. The van der Waals surface area contributed by atoms with Crippen LogP contribution in [0.1, 0.15) is 65.9 Å². The molecule has 2 heterocycles. The van der Waals surface area contributed by atoms with Crippen molar-refractivity contribution in [2.24, 2.45) is 0 Å². The molecule has 2 saturated heterocycles. The number of amides is 2. The molecular weight excluding hydrogens is 579 g/mol. The number of hydrogen-bond donors (Lipinski definition) is 2. The summed E-state index contributed by atoms with van der Waals surface area (Å²) >= 11 is 12.2. The van der Waals surface area contributed by atoms with Crippen molar-refractivity contribution in [1.29, 1.82) is 0 Å². The van der Waals surface area contributed by atoms with E-state index in [4.69, 9.17) is 23.2 Å². The van der Waals surface area contributed by atoms with E-state index in [0.29, 0.717) is 35.2 Å². The second-order valence-corrected chi connectivity index (χ2v) is 12.6. The zero-order valence-corrected chi connectivity index (χ0v) is 26.2. The zero-order chi connectivity index (χ0) is 30.0. The van der Waals surface area contributed by atoms with Crippen LogP contribution in [-0.2, 0) is 4.79 Å². The highest BCUT2D eigenvalue weighted by molar-refractivity contribution is 6.42. The molecule has 3 aromatic carbocycles. The lowest BCUT2D eigenvalue weighted by atomic mass is 9.90. The van der Waals surface area contributed by atoms with Gasteiger partial charge in [0.25, 0.3) is 5.91 Å². The van der Waals surface area contributed by atoms with E-state index in [-0.39, 0.29) is 29.8 Å². The molecule has 2 aliphatic rings. The highest BCUT2D eigenvalue weighted by Crippen LogP contribution is 2.27. The smallest absolute Gasteiger partial charge is 0.251 e. The maximum atomic E-state index is 14.1. The number of rotatable bonds is 11. The third-order valence-electron chi connectivity index (χ3n) is 8.71. The fourth-order valence-corrected chi connectivity index (χ4v) is 6.58. The Balaban J connectivity index is 1.30. The van der Waals surface area contributed by atoms with Crippen LogP contribution in [0.4, 0.5) is 0 Å². The molecule has 228 valence electrons. The summed E-state index contributed by atoms with van der Waals surface area (Å²) in [7, 11) is 0. The van der Waals surface area contributed by atoms with Crippen LogP contribution in [0.3, 0.4) is 0 Å². The van der Waals surface area contributed by atoms with Crippen LogP contribution in [0.25, 0.3) is 0 Å².